The van der Waals surface area contributed by atoms with Gasteiger partial charge in [-0.1, -0.05) is 42.5 Å². The molecule has 2 aromatic rings. The fraction of sp³-hybridized carbons (Fsp3) is 0.263. The minimum atomic E-state index is -0.362. The number of ether oxygens (including phenoxy) is 1. The molecule has 0 N–H and O–H groups in total. The number of para-hydroxylation sites is 1. The van der Waals surface area contributed by atoms with Gasteiger partial charge in [-0.2, -0.15) is 0 Å². The minimum Gasteiger partial charge on any atom is -0.422 e. The van der Waals surface area contributed by atoms with Gasteiger partial charge >= 0.3 is 5.97 Å². The molecule has 1 fully saturated rings. The van der Waals surface area contributed by atoms with Crippen LogP contribution in [0.25, 0.3) is 0 Å². The summed E-state index contributed by atoms with van der Waals surface area (Å²) in [7, 11) is 0. The number of rotatable bonds is 3. The molecule has 0 saturated carbocycles. The third kappa shape index (κ3) is 3.77. The van der Waals surface area contributed by atoms with Crippen LogP contribution in [0.3, 0.4) is 0 Å². The molecule has 118 valence electrons. The van der Waals surface area contributed by atoms with Gasteiger partial charge in [0.1, 0.15) is 10.7 Å². The van der Waals surface area contributed by atoms with Crippen molar-refractivity contribution < 1.29 is 9.53 Å². The van der Waals surface area contributed by atoms with Crippen molar-refractivity contribution in [3.63, 3.8) is 0 Å². The van der Waals surface area contributed by atoms with Crippen molar-refractivity contribution in [2.24, 2.45) is 0 Å². The highest BCUT2D eigenvalue weighted by molar-refractivity contribution is 7.80. The first-order chi connectivity index (χ1) is 11.3. The Morgan fingerprint density at radius 2 is 1.57 bits per heavy atom. The Hall–Kier alpha value is -2.20. The van der Waals surface area contributed by atoms with Crippen LogP contribution in [0.15, 0.2) is 54.6 Å². The Morgan fingerprint density at radius 1 is 0.913 bits per heavy atom. The van der Waals surface area contributed by atoms with Crippen LogP contribution in [-0.2, 0) is 0 Å². The van der Waals surface area contributed by atoms with Crippen molar-refractivity contribution in [1.29, 1.82) is 0 Å². The molecule has 0 aliphatic carbocycles. The molecule has 4 heteroatoms. The number of thiocarbonyl (C=S) groups is 1. The van der Waals surface area contributed by atoms with Gasteiger partial charge < -0.3 is 9.64 Å². The van der Waals surface area contributed by atoms with E-state index in [-0.39, 0.29) is 5.97 Å². The molecule has 0 spiro atoms. The maximum atomic E-state index is 12.3. The molecule has 0 atom stereocenters. The first kappa shape index (κ1) is 15.7. The summed E-state index contributed by atoms with van der Waals surface area (Å²) in [6.07, 6.45) is 3.57. The van der Waals surface area contributed by atoms with Gasteiger partial charge in [-0.05, 0) is 43.5 Å². The van der Waals surface area contributed by atoms with Crippen molar-refractivity contribution >= 4 is 23.2 Å². The molecule has 0 bridgehead atoms. The van der Waals surface area contributed by atoms with E-state index in [4.69, 9.17) is 17.0 Å². The van der Waals surface area contributed by atoms with Gasteiger partial charge in [-0.3, -0.25) is 0 Å². The van der Waals surface area contributed by atoms with Crippen LogP contribution in [0.5, 0.6) is 5.75 Å². The lowest BCUT2D eigenvalue weighted by molar-refractivity contribution is 0.0734. The van der Waals surface area contributed by atoms with Crippen LogP contribution in [0.4, 0.5) is 0 Å². The Balaban J connectivity index is 1.80. The number of nitrogens with zero attached hydrogens (tertiary/aromatic N) is 1. The summed E-state index contributed by atoms with van der Waals surface area (Å²) in [4.78, 5) is 15.3. The van der Waals surface area contributed by atoms with Crippen LogP contribution in [0.2, 0.25) is 0 Å². The van der Waals surface area contributed by atoms with Crippen LogP contribution in [0.1, 0.15) is 35.2 Å². The molecular weight excluding hydrogens is 306 g/mol. The number of benzene rings is 2. The zero-order valence-electron chi connectivity index (χ0n) is 12.9. The van der Waals surface area contributed by atoms with Gasteiger partial charge in [-0.25, -0.2) is 4.79 Å². The van der Waals surface area contributed by atoms with Gasteiger partial charge in [0, 0.05) is 13.1 Å². The van der Waals surface area contributed by atoms with Gasteiger partial charge in [0.05, 0.1) is 11.1 Å². The second-order valence-electron chi connectivity index (χ2n) is 5.60. The van der Waals surface area contributed by atoms with E-state index in [1.54, 1.807) is 18.2 Å². The zero-order chi connectivity index (χ0) is 16.1. The minimum absolute atomic E-state index is 0.362. The number of likely N-dealkylation sites (tertiary alicyclic amines) is 1. The Bertz CT molecular complexity index is 694. The number of hydrogen-bond donors (Lipinski definition) is 0. The summed E-state index contributed by atoms with van der Waals surface area (Å²) in [5.41, 5.74) is 1.35. The van der Waals surface area contributed by atoms with Crippen LogP contribution in [-0.4, -0.2) is 28.9 Å². The number of esters is 1. The highest BCUT2D eigenvalue weighted by Gasteiger charge is 2.19. The maximum Gasteiger partial charge on any atom is 0.343 e. The standard InChI is InChI=1S/C19H19NO2S/c21-19(15-9-3-1-4-10-15)22-17-12-6-5-11-16(17)18(23)20-13-7-2-8-14-20/h1,3-6,9-12H,2,7-8,13-14H2. The number of hydrogen-bond acceptors (Lipinski definition) is 3. The van der Waals surface area contributed by atoms with Crippen molar-refractivity contribution in [2.45, 2.75) is 19.3 Å². The van der Waals surface area contributed by atoms with E-state index in [9.17, 15) is 4.79 Å². The fourth-order valence-electron chi connectivity index (χ4n) is 2.73. The molecule has 0 radical (unpaired) electrons. The third-order valence-electron chi connectivity index (χ3n) is 3.97. The van der Waals surface area contributed by atoms with Crippen molar-refractivity contribution in [3.8, 4) is 5.75 Å². The van der Waals surface area contributed by atoms with Gasteiger partial charge in [-0.15, -0.1) is 0 Å². The van der Waals surface area contributed by atoms with E-state index in [1.165, 1.54) is 6.42 Å². The van der Waals surface area contributed by atoms with E-state index < -0.39 is 0 Å². The summed E-state index contributed by atoms with van der Waals surface area (Å²) in [6, 6.07) is 16.5. The second-order valence-corrected chi connectivity index (χ2v) is 5.99. The highest BCUT2D eigenvalue weighted by atomic mass is 32.1. The molecule has 23 heavy (non-hydrogen) atoms. The molecule has 1 saturated heterocycles. The summed E-state index contributed by atoms with van der Waals surface area (Å²) >= 11 is 5.63. The highest BCUT2D eigenvalue weighted by Crippen LogP contribution is 2.23. The number of piperidine rings is 1. The predicted molar refractivity (Wildman–Crippen MR) is 95.0 cm³/mol. The molecule has 1 heterocycles. The lowest BCUT2D eigenvalue weighted by atomic mass is 10.1. The van der Waals surface area contributed by atoms with E-state index in [1.807, 2.05) is 36.4 Å². The fourth-order valence-corrected chi connectivity index (χ4v) is 3.08. The first-order valence-corrected chi connectivity index (χ1v) is 8.32. The van der Waals surface area contributed by atoms with Crippen LogP contribution >= 0.6 is 12.2 Å². The lowest BCUT2D eigenvalue weighted by Gasteiger charge is -2.29. The Labute approximate surface area is 141 Å². The molecular formula is C19H19NO2S. The second kappa shape index (κ2) is 7.38. The Morgan fingerprint density at radius 3 is 2.30 bits per heavy atom. The van der Waals surface area contributed by atoms with Crippen molar-refractivity contribution in [2.75, 3.05) is 13.1 Å². The summed E-state index contributed by atoms with van der Waals surface area (Å²) in [5.74, 6) is 0.163. The molecule has 1 aliphatic rings. The summed E-state index contributed by atoms with van der Waals surface area (Å²) < 4.78 is 5.59. The van der Waals surface area contributed by atoms with Crippen LogP contribution in [0, 0.1) is 0 Å². The van der Waals surface area contributed by atoms with E-state index >= 15 is 0 Å². The van der Waals surface area contributed by atoms with E-state index in [0.29, 0.717) is 11.3 Å². The van der Waals surface area contributed by atoms with Crippen molar-refractivity contribution in [3.05, 3.63) is 65.7 Å². The zero-order valence-corrected chi connectivity index (χ0v) is 13.7. The molecule has 2 aromatic carbocycles. The molecule has 0 aromatic heterocycles. The third-order valence-corrected chi connectivity index (χ3v) is 4.45. The predicted octanol–water partition coefficient (Wildman–Crippen LogP) is 4.07. The molecule has 3 nitrogen and oxygen atoms in total. The van der Waals surface area contributed by atoms with Gasteiger partial charge in [0.15, 0.2) is 0 Å². The summed E-state index contributed by atoms with van der Waals surface area (Å²) in [6.45, 7) is 1.94. The molecule has 0 amide bonds. The molecule has 0 unspecified atom stereocenters. The van der Waals surface area contributed by atoms with E-state index in [2.05, 4.69) is 4.90 Å². The lowest BCUT2D eigenvalue weighted by Crippen LogP contribution is -2.35. The largest absolute Gasteiger partial charge is 0.422 e. The summed E-state index contributed by atoms with van der Waals surface area (Å²) in [5, 5.41) is 0. The average Bonchev–Trinajstić information content (AvgIpc) is 2.63. The SMILES string of the molecule is O=C(Oc1ccccc1C(=S)N1CCCCC1)c1ccccc1. The molecule has 3 rings (SSSR count). The quantitative estimate of drug-likeness (QED) is 0.483. The van der Waals surface area contributed by atoms with Gasteiger partial charge in [0.2, 0.25) is 0 Å². The maximum absolute atomic E-state index is 12.3. The number of carbonyl (C=O) groups excluding carboxylic acids is 1. The average molecular weight is 325 g/mol. The number of carbonyl (C=O) groups is 1. The Kier molecular flexibility index (Phi) is 5.03. The van der Waals surface area contributed by atoms with Crippen LogP contribution < -0.4 is 4.74 Å². The molecule has 1 aliphatic heterocycles. The first-order valence-electron chi connectivity index (χ1n) is 7.91. The normalized spacial score (nSPS) is 14.3. The van der Waals surface area contributed by atoms with Crippen molar-refractivity contribution in [1.82, 2.24) is 4.90 Å². The topological polar surface area (TPSA) is 29.5 Å². The smallest absolute Gasteiger partial charge is 0.343 e. The van der Waals surface area contributed by atoms with E-state index in [0.717, 1.165) is 36.5 Å². The monoisotopic (exact) mass is 325 g/mol. The van der Waals surface area contributed by atoms with Gasteiger partial charge in [0.25, 0.3) is 0 Å².